The molecule has 0 atom stereocenters. The normalized spacial score (nSPS) is 10.8. The molecule has 3 aromatic rings. The number of amides is 2. The van der Waals surface area contributed by atoms with Crippen LogP contribution in [0, 0.1) is 0 Å². The number of carbonyl (C=O) groups is 2. The molecule has 0 aliphatic heterocycles. The second-order valence-corrected chi connectivity index (χ2v) is 5.11. The number of rotatable bonds is 5. The number of ether oxygens (including phenoxy) is 1. The monoisotopic (exact) mass is 328 g/mol. The van der Waals surface area contributed by atoms with Crippen molar-refractivity contribution >= 4 is 28.5 Å². The summed E-state index contributed by atoms with van der Waals surface area (Å²) in [6.45, 7) is 1.92. The van der Waals surface area contributed by atoms with Gasteiger partial charge in [-0.3, -0.25) is 9.59 Å². The van der Waals surface area contributed by atoms with Crippen molar-refractivity contribution in [3.05, 3.63) is 47.6 Å². The highest BCUT2D eigenvalue weighted by Crippen LogP contribution is 2.33. The van der Waals surface area contributed by atoms with Gasteiger partial charge in [-0.1, -0.05) is 6.92 Å². The molecule has 3 rings (SSSR count). The number of anilines is 1. The van der Waals surface area contributed by atoms with Crippen molar-refractivity contribution < 1.29 is 23.2 Å². The third kappa shape index (κ3) is 2.71. The minimum atomic E-state index is -0.783. The van der Waals surface area contributed by atoms with Gasteiger partial charge in [0.25, 0.3) is 11.8 Å². The number of primary amides is 1. The number of benzene rings is 1. The number of fused-ring (bicyclic) bond motifs is 1. The number of aryl methyl sites for hydroxylation is 1. The molecule has 0 spiro atoms. The molecule has 1 aromatic carbocycles. The van der Waals surface area contributed by atoms with Crippen molar-refractivity contribution in [3.63, 3.8) is 0 Å². The Hall–Kier alpha value is -3.22. The van der Waals surface area contributed by atoms with E-state index in [0.717, 1.165) is 0 Å². The molecule has 2 aromatic heterocycles. The van der Waals surface area contributed by atoms with Crippen LogP contribution in [0.4, 0.5) is 5.69 Å². The Kier molecular flexibility index (Phi) is 3.99. The number of nitrogens with one attached hydrogen (secondary N) is 1. The summed E-state index contributed by atoms with van der Waals surface area (Å²) in [5.74, 6) is -0.00952. The van der Waals surface area contributed by atoms with E-state index in [0.29, 0.717) is 28.9 Å². The van der Waals surface area contributed by atoms with Crippen molar-refractivity contribution in [3.8, 4) is 5.75 Å². The van der Waals surface area contributed by atoms with E-state index < -0.39 is 11.8 Å². The first-order chi connectivity index (χ1) is 11.5. The minimum absolute atomic E-state index is 0.131. The average molecular weight is 328 g/mol. The highest BCUT2D eigenvalue weighted by molar-refractivity contribution is 6.13. The molecule has 0 unspecified atom stereocenters. The van der Waals surface area contributed by atoms with Gasteiger partial charge in [-0.15, -0.1) is 0 Å². The van der Waals surface area contributed by atoms with Gasteiger partial charge in [0, 0.05) is 17.9 Å². The maximum atomic E-state index is 12.4. The van der Waals surface area contributed by atoms with Crippen molar-refractivity contribution in [1.29, 1.82) is 0 Å². The summed E-state index contributed by atoms with van der Waals surface area (Å²) in [5, 5.41) is 3.18. The van der Waals surface area contributed by atoms with Crippen LogP contribution in [-0.4, -0.2) is 18.9 Å². The van der Waals surface area contributed by atoms with Gasteiger partial charge in [-0.25, -0.2) is 0 Å². The van der Waals surface area contributed by atoms with Crippen molar-refractivity contribution in [2.24, 2.45) is 5.73 Å². The molecule has 2 heterocycles. The Bertz CT molecular complexity index is 922. The van der Waals surface area contributed by atoms with Crippen LogP contribution in [0.5, 0.6) is 5.75 Å². The fourth-order valence-electron chi connectivity index (χ4n) is 2.37. The minimum Gasteiger partial charge on any atom is -0.497 e. The molecule has 0 aliphatic rings. The van der Waals surface area contributed by atoms with E-state index >= 15 is 0 Å². The topological polar surface area (TPSA) is 108 Å². The zero-order valence-electron chi connectivity index (χ0n) is 13.2. The van der Waals surface area contributed by atoms with Crippen LogP contribution < -0.4 is 15.8 Å². The van der Waals surface area contributed by atoms with E-state index in [9.17, 15) is 9.59 Å². The van der Waals surface area contributed by atoms with Gasteiger partial charge in [-0.05, 0) is 24.3 Å². The Morgan fingerprint density at radius 3 is 2.62 bits per heavy atom. The summed E-state index contributed by atoms with van der Waals surface area (Å²) in [7, 11) is 1.52. The van der Waals surface area contributed by atoms with Gasteiger partial charge in [0.15, 0.2) is 5.76 Å². The SMILES string of the molecule is CCc1ccc(C(=O)Nc2c(C(N)=O)oc3cc(OC)ccc23)o1. The maximum Gasteiger partial charge on any atom is 0.291 e. The van der Waals surface area contributed by atoms with Gasteiger partial charge in [0.2, 0.25) is 5.76 Å². The first kappa shape index (κ1) is 15.7. The summed E-state index contributed by atoms with van der Waals surface area (Å²) >= 11 is 0. The lowest BCUT2D eigenvalue weighted by Crippen LogP contribution is -2.16. The average Bonchev–Trinajstić information content (AvgIpc) is 3.19. The lowest BCUT2D eigenvalue weighted by atomic mass is 10.2. The number of furan rings is 2. The van der Waals surface area contributed by atoms with Crippen LogP contribution in [0.1, 0.15) is 33.8 Å². The first-order valence-electron chi connectivity index (χ1n) is 7.34. The largest absolute Gasteiger partial charge is 0.497 e. The first-order valence-corrected chi connectivity index (χ1v) is 7.34. The highest BCUT2D eigenvalue weighted by atomic mass is 16.5. The molecule has 7 heteroatoms. The molecule has 0 aliphatic carbocycles. The van der Waals surface area contributed by atoms with Crippen LogP contribution in [-0.2, 0) is 6.42 Å². The summed E-state index contributed by atoms with van der Waals surface area (Å²) in [5.41, 5.74) is 5.94. The standard InChI is InChI=1S/C17H16N2O5/c1-3-9-5-7-12(23-9)17(21)19-14-11-6-4-10(22-2)8-13(11)24-15(14)16(18)20/h4-8H,3H2,1-2H3,(H2,18,20)(H,19,21). The predicted octanol–water partition coefficient (Wildman–Crippen LogP) is 2.95. The molecule has 0 radical (unpaired) electrons. The molecule has 7 nitrogen and oxygen atoms in total. The molecule has 24 heavy (non-hydrogen) atoms. The van der Waals surface area contributed by atoms with Crippen molar-refractivity contribution in [2.75, 3.05) is 12.4 Å². The molecular formula is C17H16N2O5. The molecule has 0 fully saturated rings. The zero-order valence-corrected chi connectivity index (χ0v) is 13.2. The van der Waals surface area contributed by atoms with Crippen LogP contribution >= 0.6 is 0 Å². The van der Waals surface area contributed by atoms with Crippen LogP contribution in [0.25, 0.3) is 11.0 Å². The van der Waals surface area contributed by atoms with E-state index in [4.69, 9.17) is 19.3 Å². The van der Waals surface area contributed by atoms with Crippen LogP contribution in [0.2, 0.25) is 0 Å². The van der Waals surface area contributed by atoms with Crippen molar-refractivity contribution in [2.45, 2.75) is 13.3 Å². The third-order valence-electron chi connectivity index (χ3n) is 3.59. The van der Waals surface area contributed by atoms with E-state index in [1.807, 2.05) is 6.92 Å². The fourth-order valence-corrected chi connectivity index (χ4v) is 2.37. The van der Waals surface area contributed by atoms with E-state index in [1.54, 1.807) is 30.3 Å². The smallest absolute Gasteiger partial charge is 0.291 e. The molecule has 0 saturated carbocycles. The number of nitrogens with two attached hydrogens (primary N) is 1. The van der Waals surface area contributed by atoms with Gasteiger partial charge < -0.3 is 24.6 Å². The fraction of sp³-hybridized carbons (Fsp3) is 0.176. The van der Waals surface area contributed by atoms with E-state index in [1.165, 1.54) is 7.11 Å². The number of carbonyl (C=O) groups excluding carboxylic acids is 2. The van der Waals surface area contributed by atoms with Crippen molar-refractivity contribution in [1.82, 2.24) is 0 Å². The second-order valence-electron chi connectivity index (χ2n) is 5.11. The third-order valence-corrected chi connectivity index (χ3v) is 3.59. The van der Waals surface area contributed by atoms with E-state index in [-0.39, 0.29) is 17.2 Å². The maximum absolute atomic E-state index is 12.4. The summed E-state index contributed by atoms with van der Waals surface area (Å²) < 4.78 is 16.0. The molecule has 0 bridgehead atoms. The van der Waals surface area contributed by atoms with Crippen LogP contribution in [0.15, 0.2) is 39.2 Å². The van der Waals surface area contributed by atoms with Gasteiger partial charge in [-0.2, -0.15) is 0 Å². The van der Waals surface area contributed by atoms with Gasteiger partial charge >= 0.3 is 0 Å². The predicted molar refractivity (Wildman–Crippen MR) is 87.3 cm³/mol. The second kappa shape index (κ2) is 6.11. The number of hydrogen-bond acceptors (Lipinski definition) is 5. The zero-order chi connectivity index (χ0) is 17.3. The highest BCUT2D eigenvalue weighted by Gasteiger charge is 2.22. The Balaban J connectivity index is 2.02. The van der Waals surface area contributed by atoms with E-state index in [2.05, 4.69) is 5.32 Å². The molecule has 3 N–H and O–H groups in total. The summed E-state index contributed by atoms with van der Waals surface area (Å²) in [6.07, 6.45) is 0.675. The van der Waals surface area contributed by atoms with Gasteiger partial charge in [0.1, 0.15) is 22.8 Å². The number of methoxy groups -OCH3 is 1. The molecule has 2 amide bonds. The van der Waals surface area contributed by atoms with Gasteiger partial charge in [0.05, 0.1) is 7.11 Å². The Labute approximate surface area is 137 Å². The molecular weight excluding hydrogens is 312 g/mol. The summed E-state index contributed by atoms with van der Waals surface area (Å²) in [6, 6.07) is 8.28. The number of hydrogen-bond donors (Lipinski definition) is 2. The quantitative estimate of drug-likeness (QED) is 0.748. The Morgan fingerprint density at radius 1 is 1.21 bits per heavy atom. The Morgan fingerprint density at radius 2 is 2.00 bits per heavy atom. The lowest BCUT2D eigenvalue weighted by molar-refractivity contribution is 0.0977. The summed E-state index contributed by atoms with van der Waals surface area (Å²) in [4.78, 5) is 24.0. The molecule has 0 saturated heterocycles. The lowest BCUT2D eigenvalue weighted by Gasteiger charge is -2.03. The van der Waals surface area contributed by atoms with Crippen LogP contribution in [0.3, 0.4) is 0 Å². The molecule has 124 valence electrons.